The summed E-state index contributed by atoms with van der Waals surface area (Å²) >= 11 is 0. The Bertz CT molecular complexity index is 1230. The Kier molecular flexibility index (Phi) is 5.48. The van der Waals surface area contributed by atoms with Crippen molar-refractivity contribution >= 4 is 22.3 Å². The molecule has 4 aromatic rings. The number of fused-ring (bicyclic) bond motifs is 1. The maximum absolute atomic E-state index is 12.2. The maximum atomic E-state index is 12.2. The fourth-order valence-corrected chi connectivity index (χ4v) is 3.51. The van der Waals surface area contributed by atoms with Gasteiger partial charge in [0.2, 0.25) is 0 Å². The first kappa shape index (κ1) is 19.6. The van der Waals surface area contributed by atoms with Crippen LogP contribution in [0.25, 0.3) is 10.9 Å². The summed E-state index contributed by atoms with van der Waals surface area (Å²) < 4.78 is 5.82. The number of anilines is 2. The summed E-state index contributed by atoms with van der Waals surface area (Å²) in [5, 5.41) is 0.482. The van der Waals surface area contributed by atoms with Crippen LogP contribution < -0.4 is 15.2 Å². The zero-order valence-corrected chi connectivity index (χ0v) is 17.3. The van der Waals surface area contributed by atoms with Gasteiger partial charge in [-0.05, 0) is 60.9 Å². The van der Waals surface area contributed by atoms with Crippen molar-refractivity contribution in [3.05, 3.63) is 82.4 Å². The van der Waals surface area contributed by atoms with Crippen LogP contribution in [0.15, 0.2) is 65.7 Å². The number of nitrogens with zero attached hydrogens (tertiary/aromatic N) is 3. The van der Waals surface area contributed by atoms with Crippen LogP contribution in [0.1, 0.15) is 24.5 Å². The lowest BCUT2D eigenvalue weighted by Gasteiger charge is -2.22. The van der Waals surface area contributed by atoms with Gasteiger partial charge in [-0.1, -0.05) is 25.5 Å². The number of aryl methyl sites for hydroxylation is 2. The van der Waals surface area contributed by atoms with Gasteiger partial charge in [0.15, 0.2) is 0 Å². The average Bonchev–Trinajstić information content (AvgIpc) is 2.74. The molecule has 0 radical (unpaired) electrons. The van der Waals surface area contributed by atoms with E-state index in [0.717, 1.165) is 29.8 Å². The molecule has 0 aliphatic carbocycles. The summed E-state index contributed by atoms with van der Waals surface area (Å²) in [5.41, 5.74) is 4.85. The van der Waals surface area contributed by atoms with Crippen LogP contribution in [-0.2, 0) is 6.42 Å². The van der Waals surface area contributed by atoms with Gasteiger partial charge < -0.3 is 9.64 Å². The highest BCUT2D eigenvalue weighted by atomic mass is 16.5. The average molecular weight is 400 g/mol. The SMILES string of the molecule is CCCc1ccc(N(C)c2ccc(Oc3nc4cnccc4c(=O)[nH]3)cc2C)cc1. The van der Waals surface area contributed by atoms with Gasteiger partial charge in [0.1, 0.15) is 5.75 Å². The van der Waals surface area contributed by atoms with Crippen molar-refractivity contribution in [2.45, 2.75) is 26.7 Å². The number of hydrogen-bond donors (Lipinski definition) is 1. The Balaban J connectivity index is 1.56. The first-order chi connectivity index (χ1) is 14.5. The quantitative estimate of drug-likeness (QED) is 0.485. The third kappa shape index (κ3) is 4.03. The van der Waals surface area contributed by atoms with Crippen LogP contribution in [0.2, 0.25) is 0 Å². The summed E-state index contributed by atoms with van der Waals surface area (Å²) in [6.07, 6.45) is 5.35. The molecule has 6 heteroatoms. The zero-order valence-electron chi connectivity index (χ0n) is 17.3. The van der Waals surface area contributed by atoms with Gasteiger partial charge in [0.25, 0.3) is 5.56 Å². The van der Waals surface area contributed by atoms with Crippen LogP contribution in [0, 0.1) is 6.92 Å². The Morgan fingerprint density at radius 1 is 1.10 bits per heavy atom. The van der Waals surface area contributed by atoms with Gasteiger partial charge in [-0.3, -0.25) is 14.8 Å². The highest BCUT2D eigenvalue weighted by Crippen LogP contribution is 2.31. The van der Waals surface area contributed by atoms with Gasteiger partial charge >= 0.3 is 6.01 Å². The van der Waals surface area contributed by atoms with Gasteiger partial charge in [0, 0.05) is 24.6 Å². The van der Waals surface area contributed by atoms with Crippen LogP contribution in [0.4, 0.5) is 11.4 Å². The first-order valence-corrected chi connectivity index (χ1v) is 10.0. The number of nitrogens with one attached hydrogen (secondary N) is 1. The second-order valence-corrected chi connectivity index (χ2v) is 7.29. The number of aromatic nitrogens is 3. The second kappa shape index (κ2) is 8.37. The van der Waals surface area contributed by atoms with Crippen molar-refractivity contribution in [1.29, 1.82) is 0 Å². The number of aromatic amines is 1. The van der Waals surface area contributed by atoms with E-state index in [9.17, 15) is 4.79 Å². The fourth-order valence-electron chi connectivity index (χ4n) is 3.51. The Morgan fingerprint density at radius 3 is 2.63 bits per heavy atom. The van der Waals surface area contributed by atoms with Crippen LogP contribution in [-0.4, -0.2) is 22.0 Å². The van der Waals surface area contributed by atoms with E-state index in [1.54, 1.807) is 18.5 Å². The number of benzene rings is 2. The molecule has 0 aliphatic heterocycles. The van der Waals surface area contributed by atoms with E-state index in [4.69, 9.17) is 4.74 Å². The van der Waals surface area contributed by atoms with E-state index in [1.165, 1.54) is 5.56 Å². The maximum Gasteiger partial charge on any atom is 0.302 e. The van der Waals surface area contributed by atoms with E-state index in [0.29, 0.717) is 16.7 Å². The number of hydrogen-bond acceptors (Lipinski definition) is 5. The number of H-pyrrole nitrogens is 1. The van der Waals surface area contributed by atoms with Crippen LogP contribution >= 0.6 is 0 Å². The van der Waals surface area contributed by atoms with Crippen molar-refractivity contribution in [3.63, 3.8) is 0 Å². The molecule has 4 rings (SSSR count). The molecule has 0 fully saturated rings. The molecule has 0 aliphatic rings. The fraction of sp³-hybridized carbons (Fsp3) is 0.208. The number of pyridine rings is 1. The molecule has 6 nitrogen and oxygen atoms in total. The normalized spacial score (nSPS) is 10.9. The lowest BCUT2D eigenvalue weighted by molar-refractivity contribution is 0.442. The standard InChI is InChI=1S/C24H24N4O2/c1-4-5-17-6-8-18(9-7-17)28(3)22-11-10-19(14-16(22)2)30-24-26-21-15-25-13-12-20(21)23(29)27-24/h6-15H,4-5H2,1-3H3,(H,26,27,29). The highest BCUT2D eigenvalue weighted by Gasteiger charge is 2.10. The lowest BCUT2D eigenvalue weighted by atomic mass is 10.1. The number of rotatable bonds is 6. The lowest BCUT2D eigenvalue weighted by Crippen LogP contribution is -2.11. The van der Waals surface area contributed by atoms with Crippen molar-refractivity contribution in [2.24, 2.45) is 0 Å². The van der Waals surface area contributed by atoms with E-state index in [1.807, 2.05) is 32.2 Å². The Morgan fingerprint density at radius 2 is 1.90 bits per heavy atom. The number of ether oxygens (including phenoxy) is 1. The molecule has 152 valence electrons. The molecule has 0 bridgehead atoms. The minimum absolute atomic E-state index is 0.146. The summed E-state index contributed by atoms with van der Waals surface area (Å²) in [6, 6.07) is 16.2. The van der Waals surface area contributed by atoms with E-state index in [2.05, 4.69) is 51.0 Å². The molecular formula is C24H24N4O2. The van der Waals surface area contributed by atoms with Gasteiger partial charge in [0.05, 0.1) is 17.1 Å². The monoisotopic (exact) mass is 400 g/mol. The van der Waals surface area contributed by atoms with Crippen molar-refractivity contribution < 1.29 is 4.74 Å². The largest absolute Gasteiger partial charge is 0.426 e. The molecule has 0 atom stereocenters. The molecule has 0 amide bonds. The van der Waals surface area contributed by atoms with E-state index < -0.39 is 0 Å². The molecule has 2 aromatic carbocycles. The summed E-state index contributed by atoms with van der Waals surface area (Å²) in [4.78, 5) is 25.4. The van der Waals surface area contributed by atoms with Crippen molar-refractivity contribution in [3.8, 4) is 11.8 Å². The zero-order chi connectivity index (χ0) is 21.1. The predicted molar refractivity (Wildman–Crippen MR) is 120 cm³/mol. The molecular weight excluding hydrogens is 376 g/mol. The molecule has 2 heterocycles. The topological polar surface area (TPSA) is 71.1 Å². The van der Waals surface area contributed by atoms with E-state index in [-0.39, 0.29) is 11.6 Å². The molecule has 0 spiro atoms. The molecule has 0 saturated carbocycles. The molecule has 0 unspecified atom stereocenters. The molecule has 0 saturated heterocycles. The molecule has 1 N–H and O–H groups in total. The van der Waals surface area contributed by atoms with Crippen LogP contribution in [0.3, 0.4) is 0 Å². The highest BCUT2D eigenvalue weighted by molar-refractivity contribution is 5.76. The van der Waals surface area contributed by atoms with Gasteiger partial charge in [-0.15, -0.1) is 0 Å². The van der Waals surface area contributed by atoms with Gasteiger partial charge in [-0.25, -0.2) is 0 Å². The molecule has 30 heavy (non-hydrogen) atoms. The Labute approximate surface area is 175 Å². The Hall–Kier alpha value is -3.67. The third-order valence-electron chi connectivity index (χ3n) is 5.09. The summed E-state index contributed by atoms with van der Waals surface area (Å²) in [7, 11) is 2.05. The first-order valence-electron chi connectivity index (χ1n) is 10.0. The predicted octanol–water partition coefficient (Wildman–Crippen LogP) is 5.14. The minimum atomic E-state index is -0.253. The summed E-state index contributed by atoms with van der Waals surface area (Å²) in [5.74, 6) is 0.606. The summed E-state index contributed by atoms with van der Waals surface area (Å²) in [6.45, 7) is 4.22. The van der Waals surface area contributed by atoms with E-state index >= 15 is 0 Å². The molecule has 2 aromatic heterocycles. The smallest absolute Gasteiger partial charge is 0.302 e. The minimum Gasteiger partial charge on any atom is -0.426 e. The van der Waals surface area contributed by atoms with Crippen LogP contribution in [0.5, 0.6) is 11.8 Å². The van der Waals surface area contributed by atoms with Gasteiger partial charge in [-0.2, -0.15) is 4.98 Å². The van der Waals surface area contributed by atoms with Crippen molar-refractivity contribution in [1.82, 2.24) is 15.0 Å². The van der Waals surface area contributed by atoms with Crippen molar-refractivity contribution in [2.75, 3.05) is 11.9 Å². The third-order valence-corrected chi connectivity index (χ3v) is 5.09. The second-order valence-electron chi connectivity index (χ2n) is 7.29.